The standard InChI is InChI=1S/C27H45N5O16/c1-9(24(42)32-13(23(28)41)5-6-16(36)37)29-25-18(31-12(4)35)22(46-10(2)26(43)44)20(39)15(47-25)8-45-27-17(30-11(3)34)21(40)19(38)14(7-33)48-27/h9-10,13-15,17-22,25,27,29,33,38-40H,5-8H2,1-4H3,(H2,28,41)(H,30,34)(H,31,35)(H,32,42)(H,36,37)(H,43,44)/t9-,10?,13?,14-,15-,17?,18?,19-,20-,21-,22-,25?,27?/m1/s1. The second kappa shape index (κ2) is 18.3. The van der Waals surface area contributed by atoms with Crippen LogP contribution in [0.1, 0.15) is 40.5 Å². The molecule has 0 aromatic carbocycles. The van der Waals surface area contributed by atoms with E-state index in [9.17, 15) is 54.3 Å². The Labute approximate surface area is 274 Å². The zero-order chi connectivity index (χ0) is 36.5. The van der Waals surface area contributed by atoms with E-state index < -0.39 is 135 Å². The van der Waals surface area contributed by atoms with Crippen LogP contribution in [0.3, 0.4) is 0 Å². The molecule has 2 heterocycles. The van der Waals surface area contributed by atoms with E-state index in [1.807, 2.05) is 0 Å². The Morgan fingerprint density at radius 2 is 1.48 bits per heavy atom. The van der Waals surface area contributed by atoms with Crippen LogP contribution in [0.25, 0.3) is 0 Å². The average Bonchev–Trinajstić information content (AvgIpc) is 2.99. The Kier molecular flexibility index (Phi) is 15.5. The number of aliphatic hydroxyl groups excluding tert-OH is 4. The van der Waals surface area contributed by atoms with E-state index in [4.69, 9.17) is 29.8 Å². The number of aliphatic carboxylic acids is 2. The molecule has 48 heavy (non-hydrogen) atoms. The van der Waals surface area contributed by atoms with Gasteiger partial charge in [-0.3, -0.25) is 29.3 Å². The van der Waals surface area contributed by atoms with Crippen LogP contribution in [-0.4, -0.2) is 159 Å². The molecule has 0 aliphatic carbocycles. The summed E-state index contributed by atoms with van der Waals surface area (Å²) in [6.07, 6.45) is -14.6. The van der Waals surface area contributed by atoms with Gasteiger partial charge in [0.1, 0.15) is 54.9 Å². The third-order valence-electron chi connectivity index (χ3n) is 7.59. The SMILES string of the molecule is CC(=O)NC1C(OC[C@H]2OC(N[C@H](C)C(=O)NC(CCC(=O)O)C(N)=O)C(NC(C)=O)[C@@H](OC(C)C(=O)O)[C@@H]2O)O[C@H](CO)[C@@H](O)[C@@H]1O. The molecule has 12 N–H and O–H groups in total. The molecule has 2 fully saturated rings. The topological polar surface area (TPSA) is 335 Å². The fraction of sp³-hybridized carbons (Fsp3) is 0.778. The summed E-state index contributed by atoms with van der Waals surface area (Å²) in [5.74, 6) is -5.79. The summed E-state index contributed by atoms with van der Waals surface area (Å²) in [5, 5.41) is 70.1. The zero-order valence-corrected chi connectivity index (χ0v) is 26.7. The Hall–Kier alpha value is -3.54. The number of carbonyl (C=O) groups is 6. The molecule has 0 aromatic heterocycles. The Balaban J connectivity index is 2.38. The number of amides is 4. The maximum absolute atomic E-state index is 13.0. The quantitative estimate of drug-likeness (QED) is 0.0675. The number of rotatable bonds is 17. The van der Waals surface area contributed by atoms with Crippen molar-refractivity contribution in [2.24, 2.45) is 5.73 Å². The van der Waals surface area contributed by atoms with Gasteiger partial charge >= 0.3 is 11.9 Å². The van der Waals surface area contributed by atoms with Crippen molar-refractivity contribution in [3.8, 4) is 0 Å². The van der Waals surface area contributed by atoms with Crippen LogP contribution in [0, 0.1) is 0 Å². The number of nitrogens with two attached hydrogens (primary N) is 1. The number of hydrogen-bond acceptors (Lipinski definition) is 15. The first kappa shape index (κ1) is 40.6. The number of nitrogens with one attached hydrogen (secondary N) is 4. The van der Waals surface area contributed by atoms with E-state index in [1.165, 1.54) is 6.92 Å². The van der Waals surface area contributed by atoms with Crippen molar-refractivity contribution in [3.63, 3.8) is 0 Å². The number of aliphatic hydroxyl groups is 4. The molecule has 4 amide bonds. The van der Waals surface area contributed by atoms with E-state index in [0.717, 1.165) is 20.8 Å². The Morgan fingerprint density at radius 1 is 0.875 bits per heavy atom. The highest BCUT2D eigenvalue weighted by Crippen LogP contribution is 2.27. The monoisotopic (exact) mass is 695 g/mol. The van der Waals surface area contributed by atoms with Crippen molar-refractivity contribution in [3.05, 3.63) is 0 Å². The summed E-state index contributed by atoms with van der Waals surface area (Å²) in [4.78, 5) is 71.4. The number of primary amides is 1. The van der Waals surface area contributed by atoms with Crippen LogP contribution >= 0.6 is 0 Å². The molecule has 2 rings (SSSR count). The molecular formula is C27H45N5O16. The Bertz CT molecular complexity index is 1160. The lowest BCUT2D eigenvalue weighted by Crippen LogP contribution is -2.70. The second-order valence-corrected chi connectivity index (χ2v) is 11.4. The first-order valence-corrected chi connectivity index (χ1v) is 14.9. The molecule has 0 bridgehead atoms. The highest BCUT2D eigenvalue weighted by Gasteiger charge is 2.50. The summed E-state index contributed by atoms with van der Waals surface area (Å²) < 4.78 is 22.8. The third-order valence-corrected chi connectivity index (χ3v) is 7.59. The lowest BCUT2D eigenvalue weighted by Gasteiger charge is -2.47. The van der Waals surface area contributed by atoms with Crippen molar-refractivity contribution in [2.75, 3.05) is 13.2 Å². The van der Waals surface area contributed by atoms with E-state index in [-0.39, 0.29) is 6.42 Å². The number of carbonyl (C=O) groups excluding carboxylic acids is 4. The van der Waals surface area contributed by atoms with Crippen molar-refractivity contribution >= 4 is 35.6 Å². The maximum Gasteiger partial charge on any atom is 0.332 e. The van der Waals surface area contributed by atoms with Crippen LogP contribution in [0.4, 0.5) is 0 Å². The normalized spacial score (nSPS) is 32.2. The van der Waals surface area contributed by atoms with E-state index in [1.54, 1.807) is 0 Å². The zero-order valence-electron chi connectivity index (χ0n) is 26.7. The fourth-order valence-electron chi connectivity index (χ4n) is 5.06. The number of carboxylic acid groups (broad SMARTS) is 2. The third kappa shape index (κ3) is 11.3. The van der Waals surface area contributed by atoms with Gasteiger partial charge in [0.25, 0.3) is 0 Å². The minimum absolute atomic E-state index is 0.308. The molecular weight excluding hydrogens is 650 g/mol. The summed E-state index contributed by atoms with van der Waals surface area (Å²) >= 11 is 0. The van der Waals surface area contributed by atoms with Gasteiger partial charge < -0.3 is 71.3 Å². The number of carboxylic acids is 2. The molecule has 0 spiro atoms. The average molecular weight is 696 g/mol. The summed E-state index contributed by atoms with van der Waals surface area (Å²) in [6, 6.07) is -5.31. The van der Waals surface area contributed by atoms with Gasteiger partial charge in [-0.2, -0.15) is 0 Å². The van der Waals surface area contributed by atoms with Gasteiger partial charge in [-0.15, -0.1) is 0 Å². The minimum Gasteiger partial charge on any atom is -0.481 e. The van der Waals surface area contributed by atoms with Crippen LogP contribution in [0.5, 0.6) is 0 Å². The van der Waals surface area contributed by atoms with Crippen molar-refractivity contribution in [2.45, 2.75) is 120 Å². The highest BCUT2D eigenvalue weighted by atomic mass is 16.7. The van der Waals surface area contributed by atoms with Crippen molar-refractivity contribution in [1.82, 2.24) is 21.3 Å². The highest BCUT2D eigenvalue weighted by molar-refractivity contribution is 5.89. The molecule has 13 atom stereocenters. The van der Waals surface area contributed by atoms with Gasteiger partial charge in [0.2, 0.25) is 23.6 Å². The minimum atomic E-state index is -1.73. The van der Waals surface area contributed by atoms with Gasteiger partial charge in [0.15, 0.2) is 12.4 Å². The molecule has 274 valence electrons. The van der Waals surface area contributed by atoms with Gasteiger partial charge in [-0.05, 0) is 20.3 Å². The first-order chi connectivity index (χ1) is 22.4. The molecule has 21 heteroatoms. The van der Waals surface area contributed by atoms with Crippen LogP contribution in [-0.2, 0) is 47.7 Å². The van der Waals surface area contributed by atoms with E-state index >= 15 is 0 Å². The molecule has 0 saturated carbocycles. The van der Waals surface area contributed by atoms with Crippen molar-refractivity contribution < 1.29 is 78.4 Å². The second-order valence-electron chi connectivity index (χ2n) is 11.4. The van der Waals surface area contributed by atoms with Gasteiger partial charge in [0, 0.05) is 20.3 Å². The summed E-state index contributed by atoms with van der Waals surface area (Å²) in [6.45, 7) is 3.37. The molecule has 2 aliphatic rings. The molecule has 0 aromatic rings. The van der Waals surface area contributed by atoms with Gasteiger partial charge in [-0.25, -0.2) is 4.79 Å². The first-order valence-electron chi connectivity index (χ1n) is 14.9. The molecule has 0 radical (unpaired) electrons. The fourth-order valence-corrected chi connectivity index (χ4v) is 5.06. The predicted molar refractivity (Wildman–Crippen MR) is 156 cm³/mol. The smallest absolute Gasteiger partial charge is 0.332 e. The van der Waals surface area contributed by atoms with Crippen LogP contribution in [0.15, 0.2) is 0 Å². The number of hydrogen-bond donors (Lipinski definition) is 11. The molecule has 2 saturated heterocycles. The van der Waals surface area contributed by atoms with E-state index in [0.29, 0.717) is 0 Å². The van der Waals surface area contributed by atoms with E-state index in [2.05, 4.69) is 21.3 Å². The maximum atomic E-state index is 13.0. The van der Waals surface area contributed by atoms with Gasteiger partial charge in [0.05, 0.1) is 25.3 Å². The molecule has 21 nitrogen and oxygen atoms in total. The largest absolute Gasteiger partial charge is 0.481 e. The summed E-state index contributed by atoms with van der Waals surface area (Å²) in [7, 11) is 0. The molecule has 6 unspecified atom stereocenters. The predicted octanol–water partition coefficient (Wildman–Crippen LogP) is -5.79. The lowest BCUT2D eigenvalue weighted by atomic mass is 9.94. The van der Waals surface area contributed by atoms with Crippen LogP contribution < -0.4 is 27.0 Å². The number of ether oxygens (including phenoxy) is 4. The van der Waals surface area contributed by atoms with Gasteiger partial charge in [-0.1, -0.05) is 0 Å². The Morgan fingerprint density at radius 3 is 2.00 bits per heavy atom. The lowest BCUT2D eigenvalue weighted by molar-refractivity contribution is -0.289. The van der Waals surface area contributed by atoms with Crippen molar-refractivity contribution in [1.29, 1.82) is 0 Å². The van der Waals surface area contributed by atoms with Crippen LogP contribution in [0.2, 0.25) is 0 Å². The summed E-state index contributed by atoms with van der Waals surface area (Å²) in [5.41, 5.74) is 5.30. The molecule has 2 aliphatic heterocycles.